The predicted molar refractivity (Wildman–Crippen MR) is 99.4 cm³/mol. The summed E-state index contributed by atoms with van der Waals surface area (Å²) < 4.78 is 34.3. The largest absolute Gasteiger partial charge is 2.00 e. The standard InChI is InChI=1S/C18H14N2O6S.Ba/c1-10-6-7-14(15(8-10)27(24,25)26)19-20-16-12-5-3-2-4-11(12)9-13(17(16)21)18(22)23;/h2-9,21H,1H3,(H,22,23)(H,24,25,26);/q;+2/p-2. The molecule has 0 radical (unpaired) electrons. The van der Waals surface area contributed by atoms with E-state index in [1.807, 2.05) is 0 Å². The summed E-state index contributed by atoms with van der Waals surface area (Å²) in [7, 11) is -4.81. The molecule has 0 atom stereocenters. The smallest absolute Gasteiger partial charge is 0.870 e. The van der Waals surface area contributed by atoms with Crippen molar-refractivity contribution in [2.75, 3.05) is 0 Å². The zero-order chi connectivity index (χ0) is 19.8. The number of azo groups is 1. The van der Waals surface area contributed by atoms with Gasteiger partial charge in [-0.25, -0.2) is 13.2 Å². The summed E-state index contributed by atoms with van der Waals surface area (Å²) in [6, 6.07) is 11.7. The van der Waals surface area contributed by atoms with Gasteiger partial charge in [0, 0.05) is 5.39 Å². The molecule has 0 aromatic heterocycles. The summed E-state index contributed by atoms with van der Waals surface area (Å²) in [5, 5.41) is 30.1. The van der Waals surface area contributed by atoms with E-state index >= 15 is 0 Å². The molecule has 0 saturated carbocycles. The van der Waals surface area contributed by atoms with E-state index in [0.29, 0.717) is 16.3 Å². The Hall–Kier alpha value is -1.73. The normalized spacial score (nSPS) is 11.5. The molecular formula is C18H12BaN2O6S. The molecular weight excluding hydrogens is 510 g/mol. The average Bonchev–Trinajstić information content (AvgIpc) is 2.60. The first-order valence-electron chi connectivity index (χ1n) is 7.63. The Morgan fingerprint density at radius 3 is 2.39 bits per heavy atom. The summed E-state index contributed by atoms with van der Waals surface area (Å²) in [4.78, 5) is 10.8. The van der Waals surface area contributed by atoms with Crippen LogP contribution in [0.4, 0.5) is 11.4 Å². The maximum Gasteiger partial charge on any atom is 2.00 e. The van der Waals surface area contributed by atoms with Crippen molar-refractivity contribution in [1.29, 1.82) is 0 Å². The fourth-order valence-corrected chi connectivity index (χ4v) is 3.27. The van der Waals surface area contributed by atoms with Crippen molar-refractivity contribution in [3.8, 4) is 5.75 Å². The van der Waals surface area contributed by atoms with Crippen LogP contribution >= 0.6 is 0 Å². The van der Waals surface area contributed by atoms with Crippen LogP contribution in [0.1, 0.15) is 15.9 Å². The molecule has 0 aliphatic rings. The second-order valence-electron chi connectivity index (χ2n) is 5.75. The summed E-state index contributed by atoms with van der Waals surface area (Å²) >= 11 is 0. The van der Waals surface area contributed by atoms with Gasteiger partial charge >= 0.3 is 54.9 Å². The van der Waals surface area contributed by atoms with Crippen molar-refractivity contribution in [3.63, 3.8) is 0 Å². The predicted octanol–water partition coefficient (Wildman–Crippen LogP) is 2.86. The van der Waals surface area contributed by atoms with Crippen LogP contribution in [0.15, 0.2) is 63.7 Å². The first-order chi connectivity index (χ1) is 12.7. The molecule has 0 bridgehead atoms. The maximum atomic E-state index is 12.5. The molecule has 8 nitrogen and oxygen atoms in total. The number of aryl methyl sites for hydroxylation is 1. The molecule has 0 unspecified atom stereocenters. The van der Waals surface area contributed by atoms with Gasteiger partial charge in [-0.05, 0) is 36.1 Å². The van der Waals surface area contributed by atoms with Crippen LogP contribution in [-0.2, 0) is 10.1 Å². The summed E-state index contributed by atoms with van der Waals surface area (Å²) in [5.41, 5.74) is -0.436. The first-order valence-corrected chi connectivity index (χ1v) is 9.03. The number of hydrogen-bond acceptors (Lipinski definition) is 7. The van der Waals surface area contributed by atoms with Crippen molar-refractivity contribution < 1.29 is 28.0 Å². The molecule has 0 aliphatic heterocycles. The van der Waals surface area contributed by atoms with Crippen LogP contribution in [0.5, 0.6) is 5.75 Å². The van der Waals surface area contributed by atoms with Crippen molar-refractivity contribution in [2.24, 2.45) is 10.2 Å². The Bertz CT molecular complexity index is 1210. The number of carbonyl (C=O) groups is 1. The SMILES string of the molecule is Cc1ccc(N=Nc2c([O-])c(C(=O)O)cc3ccccc23)c(S(=O)(=O)[O-])c1.[Ba+2]. The Labute approximate surface area is 200 Å². The summed E-state index contributed by atoms with van der Waals surface area (Å²) in [6.45, 7) is 1.61. The van der Waals surface area contributed by atoms with Crippen LogP contribution < -0.4 is 5.11 Å². The van der Waals surface area contributed by atoms with E-state index in [0.717, 1.165) is 6.07 Å². The number of nitrogens with zero attached hydrogens (tertiary/aromatic N) is 2. The summed E-state index contributed by atoms with van der Waals surface area (Å²) in [5.74, 6) is -2.27. The minimum atomic E-state index is -4.81. The number of carboxylic acid groups (broad SMARTS) is 1. The average molecular weight is 522 g/mol. The van der Waals surface area contributed by atoms with Gasteiger partial charge in [0.1, 0.15) is 15.8 Å². The molecule has 3 aromatic rings. The summed E-state index contributed by atoms with van der Waals surface area (Å²) in [6.07, 6.45) is 0. The molecule has 0 fully saturated rings. The first kappa shape index (κ1) is 22.6. The molecule has 3 rings (SSSR count). The number of rotatable bonds is 4. The fourth-order valence-electron chi connectivity index (χ4n) is 2.58. The van der Waals surface area contributed by atoms with E-state index in [1.165, 1.54) is 18.2 Å². The van der Waals surface area contributed by atoms with Crippen molar-refractivity contribution in [1.82, 2.24) is 0 Å². The van der Waals surface area contributed by atoms with Crippen LogP contribution in [-0.4, -0.2) is 72.9 Å². The Morgan fingerprint density at radius 1 is 1.07 bits per heavy atom. The van der Waals surface area contributed by atoms with E-state index in [-0.39, 0.29) is 60.3 Å². The second kappa shape index (κ2) is 8.74. The van der Waals surface area contributed by atoms with Crippen LogP contribution in [0, 0.1) is 6.92 Å². The molecule has 1 N–H and O–H groups in total. The monoisotopic (exact) mass is 522 g/mol. The molecule has 28 heavy (non-hydrogen) atoms. The number of fused-ring (bicyclic) bond motifs is 1. The zero-order valence-electron chi connectivity index (χ0n) is 14.6. The molecule has 3 aromatic carbocycles. The van der Waals surface area contributed by atoms with Crippen LogP contribution in [0.3, 0.4) is 0 Å². The molecule has 0 saturated heterocycles. The molecule has 0 heterocycles. The second-order valence-corrected chi connectivity index (χ2v) is 7.10. The number of carboxylic acids is 1. The van der Waals surface area contributed by atoms with Crippen molar-refractivity contribution >= 4 is 87.1 Å². The van der Waals surface area contributed by atoms with Crippen LogP contribution in [0.2, 0.25) is 0 Å². The zero-order valence-corrected chi connectivity index (χ0v) is 19.9. The fraction of sp³-hybridized carbons (Fsp3) is 0.0556. The Morgan fingerprint density at radius 2 is 1.75 bits per heavy atom. The molecule has 138 valence electrons. The third kappa shape index (κ3) is 4.63. The minimum absolute atomic E-state index is 0. The molecule has 0 amide bonds. The van der Waals surface area contributed by atoms with Gasteiger partial charge in [0.15, 0.2) is 0 Å². The minimum Gasteiger partial charge on any atom is -0.870 e. The van der Waals surface area contributed by atoms with Crippen molar-refractivity contribution in [2.45, 2.75) is 11.8 Å². The van der Waals surface area contributed by atoms with E-state index in [2.05, 4.69) is 10.2 Å². The third-order valence-corrected chi connectivity index (χ3v) is 4.71. The van der Waals surface area contributed by atoms with E-state index in [4.69, 9.17) is 0 Å². The topological polar surface area (TPSA) is 142 Å². The number of hydrogen-bond donors (Lipinski definition) is 1. The maximum absolute atomic E-state index is 12.5. The van der Waals surface area contributed by atoms with Gasteiger partial charge in [0.25, 0.3) is 0 Å². The van der Waals surface area contributed by atoms with Gasteiger partial charge in [0.2, 0.25) is 0 Å². The van der Waals surface area contributed by atoms with E-state index < -0.39 is 32.3 Å². The van der Waals surface area contributed by atoms with E-state index in [1.54, 1.807) is 31.2 Å². The number of benzene rings is 3. The molecule has 10 heteroatoms. The van der Waals surface area contributed by atoms with Gasteiger partial charge in [-0.1, -0.05) is 36.1 Å². The van der Waals surface area contributed by atoms with Gasteiger partial charge in [-0.15, -0.1) is 5.11 Å². The third-order valence-electron chi connectivity index (χ3n) is 3.85. The van der Waals surface area contributed by atoms with Gasteiger partial charge in [-0.2, -0.15) is 5.11 Å². The molecule has 0 spiro atoms. The van der Waals surface area contributed by atoms with E-state index in [9.17, 15) is 28.0 Å². The quantitative estimate of drug-likeness (QED) is 0.318. The number of aromatic carboxylic acids is 1. The Balaban J connectivity index is 0.00000280. The van der Waals surface area contributed by atoms with Crippen LogP contribution in [0.25, 0.3) is 10.8 Å². The van der Waals surface area contributed by atoms with Crippen molar-refractivity contribution in [3.05, 3.63) is 59.7 Å². The van der Waals surface area contributed by atoms with Gasteiger partial charge in [0.05, 0.1) is 16.1 Å². The van der Waals surface area contributed by atoms with Gasteiger partial charge < -0.3 is 14.8 Å². The van der Waals surface area contributed by atoms with Gasteiger partial charge in [-0.3, -0.25) is 0 Å². The Kier molecular flexibility index (Phi) is 7.04. The molecule has 0 aliphatic carbocycles.